The Morgan fingerprint density at radius 2 is 1.88 bits per heavy atom. The minimum atomic E-state index is -0.265. The molecule has 0 saturated carbocycles. The number of nitrogens with two attached hydrogens (primary N) is 1. The van der Waals surface area contributed by atoms with E-state index in [1.807, 2.05) is 0 Å². The van der Waals surface area contributed by atoms with Crippen molar-refractivity contribution in [3.63, 3.8) is 0 Å². The standard InChI is InChI=1S/C13H19FN2/c1-13(2)5-7-16(8-6-13)12-4-3-10(14)9-11(12)15/h3-4,9H,5-8,15H2,1-2H3. The van der Waals surface area contributed by atoms with E-state index in [0.29, 0.717) is 11.1 Å². The third kappa shape index (κ3) is 2.29. The van der Waals surface area contributed by atoms with Crippen LogP contribution in [0.25, 0.3) is 0 Å². The number of halogens is 1. The fraction of sp³-hybridized carbons (Fsp3) is 0.538. The van der Waals surface area contributed by atoms with Crippen LogP contribution in [0.15, 0.2) is 18.2 Å². The van der Waals surface area contributed by atoms with Gasteiger partial charge >= 0.3 is 0 Å². The molecule has 2 N–H and O–H groups in total. The van der Waals surface area contributed by atoms with Gasteiger partial charge < -0.3 is 10.6 Å². The third-order valence-electron chi connectivity index (χ3n) is 3.45. The van der Waals surface area contributed by atoms with Crippen LogP contribution < -0.4 is 10.6 Å². The molecule has 0 radical (unpaired) electrons. The molecule has 1 fully saturated rings. The van der Waals surface area contributed by atoms with E-state index in [0.717, 1.165) is 31.6 Å². The maximum atomic E-state index is 12.9. The van der Waals surface area contributed by atoms with Gasteiger partial charge in [-0.2, -0.15) is 0 Å². The molecule has 88 valence electrons. The van der Waals surface area contributed by atoms with Gasteiger partial charge in [-0.25, -0.2) is 4.39 Å². The Hall–Kier alpha value is -1.25. The molecule has 0 atom stereocenters. The summed E-state index contributed by atoms with van der Waals surface area (Å²) >= 11 is 0. The van der Waals surface area contributed by atoms with Crippen molar-refractivity contribution in [3.05, 3.63) is 24.0 Å². The number of anilines is 2. The molecule has 1 aliphatic heterocycles. The minimum absolute atomic E-state index is 0.265. The fourth-order valence-electron chi connectivity index (χ4n) is 2.17. The van der Waals surface area contributed by atoms with Gasteiger partial charge in [-0.3, -0.25) is 0 Å². The molecule has 2 rings (SSSR count). The highest BCUT2D eigenvalue weighted by Crippen LogP contribution is 2.34. The zero-order valence-electron chi connectivity index (χ0n) is 9.96. The molecule has 1 aromatic carbocycles. The second-order valence-corrected chi connectivity index (χ2v) is 5.35. The first-order valence-electron chi connectivity index (χ1n) is 5.78. The van der Waals surface area contributed by atoms with E-state index in [1.54, 1.807) is 6.07 Å². The van der Waals surface area contributed by atoms with Gasteiger partial charge in [0.1, 0.15) is 5.82 Å². The summed E-state index contributed by atoms with van der Waals surface area (Å²) in [6.45, 7) is 6.59. The van der Waals surface area contributed by atoms with Crippen molar-refractivity contribution in [3.8, 4) is 0 Å². The van der Waals surface area contributed by atoms with Crippen LogP contribution in [0.5, 0.6) is 0 Å². The molecular weight excluding hydrogens is 203 g/mol. The lowest BCUT2D eigenvalue weighted by molar-refractivity contribution is 0.280. The Bertz CT molecular complexity index is 378. The summed E-state index contributed by atoms with van der Waals surface area (Å²) < 4.78 is 12.9. The average molecular weight is 222 g/mol. The number of nitrogens with zero attached hydrogens (tertiary/aromatic N) is 1. The van der Waals surface area contributed by atoms with E-state index in [9.17, 15) is 4.39 Å². The van der Waals surface area contributed by atoms with Crippen LogP contribution in [0, 0.1) is 11.2 Å². The topological polar surface area (TPSA) is 29.3 Å². The van der Waals surface area contributed by atoms with Gasteiger partial charge in [0.15, 0.2) is 0 Å². The highest BCUT2D eigenvalue weighted by atomic mass is 19.1. The summed E-state index contributed by atoms with van der Waals surface area (Å²) in [6, 6.07) is 4.66. The van der Waals surface area contributed by atoms with E-state index in [1.165, 1.54) is 12.1 Å². The predicted molar refractivity (Wildman–Crippen MR) is 66.0 cm³/mol. The molecule has 1 aliphatic rings. The van der Waals surface area contributed by atoms with Crippen LogP contribution in [-0.4, -0.2) is 13.1 Å². The van der Waals surface area contributed by atoms with Gasteiger partial charge in [0.05, 0.1) is 11.4 Å². The molecule has 1 saturated heterocycles. The van der Waals surface area contributed by atoms with Crippen molar-refractivity contribution < 1.29 is 4.39 Å². The highest BCUT2D eigenvalue weighted by Gasteiger charge is 2.26. The molecule has 16 heavy (non-hydrogen) atoms. The Morgan fingerprint density at radius 1 is 1.25 bits per heavy atom. The van der Waals surface area contributed by atoms with Crippen molar-refractivity contribution in [2.24, 2.45) is 5.41 Å². The van der Waals surface area contributed by atoms with Crippen molar-refractivity contribution in [2.45, 2.75) is 26.7 Å². The summed E-state index contributed by atoms with van der Waals surface area (Å²) in [5.74, 6) is -0.265. The summed E-state index contributed by atoms with van der Waals surface area (Å²) in [6.07, 6.45) is 2.31. The van der Waals surface area contributed by atoms with E-state index < -0.39 is 0 Å². The van der Waals surface area contributed by atoms with Gasteiger partial charge in [0.2, 0.25) is 0 Å². The molecule has 3 heteroatoms. The van der Waals surface area contributed by atoms with Gasteiger partial charge in [-0.1, -0.05) is 13.8 Å². The maximum absolute atomic E-state index is 12.9. The van der Waals surface area contributed by atoms with Gasteiger partial charge in [-0.05, 0) is 36.5 Å². The van der Waals surface area contributed by atoms with E-state index in [4.69, 9.17) is 5.73 Å². The van der Waals surface area contributed by atoms with Crippen LogP contribution in [0.3, 0.4) is 0 Å². The zero-order valence-corrected chi connectivity index (χ0v) is 9.96. The molecule has 0 aliphatic carbocycles. The lowest BCUT2D eigenvalue weighted by atomic mass is 9.82. The number of hydrogen-bond donors (Lipinski definition) is 1. The summed E-state index contributed by atoms with van der Waals surface area (Å²) in [5, 5.41) is 0. The molecule has 0 bridgehead atoms. The molecule has 0 aromatic heterocycles. The molecule has 0 unspecified atom stereocenters. The number of hydrogen-bond acceptors (Lipinski definition) is 2. The second kappa shape index (κ2) is 3.96. The SMILES string of the molecule is CC1(C)CCN(c2ccc(F)cc2N)CC1. The van der Waals surface area contributed by atoms with E-state index in [-0.39, 0.29) is 5.82 Å². The number of nitrogen functional groups attached to an aromatic ring is 1. The Labute approximate surface area is 96.2 Å². The van der Waals surface area contributed by atoms with E-state index >= 15 is 0 Å². The molecule has 0 spiro atoms. The summed E-state index contributed by atoms with van der Waals surface area (Å²) in [4.78, 5) is 2.25. The summed E-state index contributed by atoms with van der Waals surface area (Å²) in [7, 11) is 0. The van der Waals surface area contributed by atoms with Gasteiger partial charge in [-0.15, -0.1) is 0 Å². The van der Waals surface area contributed by atoms with Crippen LogP contribution >= 0.6 is 0 Å². The third-order valence-corrected chi connectivity index (χ3v) is 3.45. The molecule has 0 amide bonds. The average Bonchev–Trinajstić information content (AvgIpc) is 2.19. The van der Waals surface area contributed by atoms with Crippen LogP contribution in [0.4, 0.5) is 15.8 Å². The normalized spacial score (nSPS) is 19.8. The molecule has 2 nitrogen and oxygen atoms in total. The van der Waals surface area contributed by atoms with Crippen molar-refractivity contribution in [2.75, 3.05) is 23.7 Å². The van der Waals surface area contributed by atoms with Crippen molar-refractivity contribution in [1.29, 1.82) is 0 Å². The Morgan fingerprint density at radius 3 is 2.44 bits per heavy atom. The van der Waals surface area contributed by atoms with Crippen molar-refractivity contribution >= 4 is 11.4 Å². The van der Waals surface area contributed by atoms with E-state index in [2.05, 4.69) is 18.7 Å². The van der Waals surface area contributed by atoms with Crippen molar-refractivity contribution in [1.82, 2.24) is 0 Å². The predicted octanol–water partition coefficient (Wildman–Crippen LogP) is 3.03. The quantitative estimate of drug-likeness (QED) is 0.740. The lowest BCUT2D eigenvalue weighted by Gasteiger charge is -2.38. The zero-order chi connectivity index (χ0) is 11.8. The summed E-state index contributed by atoms with van der Waals surface area (Å²) in [5.41, 5.74) is 7.77. The largest absolute Gasteiger partial charge is 0.397 e. The van der Waals surface area contributed by atoms with Crippen LogP contribution in [0.2, 0.25) is 0 Å². The number of piperidine rings is 1. The van der Waals surface area contributed by atoms with Crippen LogP contribution in [-0.2, 0) is 0 Å². The highest BCUT2D eigenvalue weighted by molar-refractivity contribution is 5.67. The fourth-order valence-corrected chi connectivity index (χ4v) is 2.17. The monoisotopic (exact) mass is 222 g/mol. The van der Waals surface area contributed by atoms with Crippen LogP contribution in [0.1, 0.15) is 26.7 Å². The smallest absolute Gasteiger partial charge is 0.125 e. The second-order valence-electron chi connectivity index (χ2n) is 5.35. The molecule has 1 aromatic rings. The Kier molecular flexibility index (Phi) is 2.78. The first kappa shape index (κ1) is 11.2. The number of benzene rings is 1. The molecule has 1 heterocycles. The maximum Gasteiger partial charge on any atom is 0.125 e. The van der Waals surface area contributed by atoms with Gasteiger partial charge in [0, 0.05) is 13.1 Å². The lowest BCUT2D eigenvalue weighted by Crippen LogP contribution is -2.37. The first-order chi connectivity index (χ1) is 7.48. The van der Waals surface area contributed by atoms with Gasteiger partial charge in [0.25, 0.3) is 0 Å². The Balaban J connectivity index is 2.14. The first-order valence-corrected chi connectivity index (χ1v) is 5.78. The minimum Gasteiger partial charge on any atom is -0.397 e. The number of rotatable bonds is 1. The molecular formula is C13H19FN2.